The third-order valence-electron chi connectivity index (χ3n) is 7.29. The maximum Gasteiger partial charge on any atom is 0.262 e. The predicted octanol–water partition coefficient (Wildman–Crippen LogP) is 5.27. The molecule has 1 fully saturated rings. The normalized spacial score (nSPS) is 17.2. The molecule has 3 aromatic rings. The molecular weight excluding hydrogens is 531 g/mol. The van der Waals surface area contributed by atoms with Gasteiger partial charge in [0, 0.05) is 56.5 Å². The number of carbonyl (C=O) groups is 3. The largest absolute Gasteiger partial charge is 0.345 e. The molecule has 5 rings (SSSR count). The van der Waals surface area contributed by atoms with Crippen LogP contribution >= 0.6 is 11.6 Å². The van der Waals surface area contributed by atoms with Crippen LogP contribution in [0.4, 0.5) is 10.1 Å². The summed E-state index contributed by atoms with van der Waals surface area (Å²) in [5.41, 5.74) is 3.21. The molecule has 206 valence electrons. The zero-order valence-electron chi connectivity index (χ0n) is 22.1. The molecule has 2 aliphatic heterocycles. The fourth-order valence-electron chi connectivity index (χ4n) is 5.32. The lowest BCUT2D eigenvalue weighted by atomic mass is 10.0. The van der Waals surface area contributed by atoms with Gasteiger partial charge in [-0.3, -0.25) is 19.3 Å². The highest BCUT2D eigenvalue weighted by molar-refractivity contribution is 6.33. The highest BCUT2D eigenvalue weighted by atomic mass is 35.5. The summed E-state index contributed by atoms with van der Waals surface area (Å²) in [5.74, 6) is -1.22. The molecule has 1 unspecified atom stereocenters. The zero-order valence-corrected chi connectivity index (χ0v) is 22.8. The lowest BCUT2D eigenvalue weighted by Gasteiger charge is -2.24. The molecule has 2 heterocycles. The predicted molar refractivity (Wildman–Crippen MR) is 152 cm³/mol. The van der Waals surface area contributed by atoms with Gasteiger partial charge in [-0.2, -0.15) is 0 Å². The Balaban J connectivity index is 1.21. The molecule has 2 aliphatic rings. The minimum atomic E-state index is -0.618. The molecule has 0 spiro atoms. The third-order valence-corrected chi connectivity index (χ3v) is 7.61. The Morgan fingerprint density at radius 3 is 2.42 bits per heavy atom. The van der Waals surface area contributed by atoms with Crippen LogP contribution in [-0.4, -0.2) is 53.7 Å². The molecule has 0 aromatic heterocycles. The molecule has 0 radical (unpaired) electrons. The molecule has 1 saturated heterocycles. The molecule has 2 N–H and O–H groups in total. The van der Waals surface area contributed by atoms with Crippen LogP contribution in [0.2, 0.25) is 5.02 Å². The first-order valence-electron chi connectivity index (χ1n) is 13.2. The van der Waals surface area contributed by atoms with Crippen molar-refractivity contribution < 1.29 is 18.8 Å². The highest BCUT2D eigenvalue weighted by Gasteiger charge is 2.36. The quantitative estimate of drug-likeness (QED) is 0.393. The molecule has 0 aliphatic carbocycles. The van der Waals surface area contributed by atoms with Gasteiger partial charge in [0.15, 0.2) is 0 Å². The van der Waals surface area contributed by atoms with Gasteiger partial charge in [0.25, 0.3) is 11.8 Å². The molecule has 0 bridgehead atoms. The van der Waals surface area contributed by atoms with Crippen LogP contribution in [0, 0.1) is 11.7 Å². The topological polar surface area (TPSA) is 81.8 Å². The van der Waals surface area contributed by atoms with Crippen molar-refractivity contribution in [3.63, 3.8) is 0 Å². The zero-order chi connectivity index (χ0) is 28.2. The van der Waals surface area contributed by atoms with Gasteiger partial charge in [-0.15, -0.1) is 0 Å². The summed E-state index contributed by atoms with van der Waals surface area (Å²) >= 11 is 6.11. The summed E-state index contributed by atoms with van der Waals surface area (Å²) in [6, 6.07) is 20.7. The average Bonchev–Trinajstić information content (AvgIpc) is 3.50. The van der Waals surface area contributed by atoms with Gasteiger partial charge in [0.1, 0.15) is 5.82 Å². The van der Waals surface area contributed by atoms with E-state index in [1.54, 1.807) is 29.2 Å². The van der Waals surface area contributed by atoms with Crippen molar-refractivity contribution in [2.45, 2.75) is 19.4 Å². The van der Waals surface area contributed by atoms with Gasteiger partial charge in [0.05, 0.1) is 16.6 Å². The van der Waals surface area contributed by atoms with E-state index in [0.717, 1.165) is 24.2 Å². The van der Waals surface area contributed by atoms with Crippen LogP contribution in [0.15, 0.2) is 84.6 Å². The standard InChI is InChI=1S/C31H30ClFN4O3/c1-20(38)34-25-12-10-22(11-13-25)30(39)35-28(21-6-3-2-4-7-21)14-15-36-16-23-18-37(19-24(23)17-36)31(40)29-26(32)8-5-9-27(29)33/h2-13,18,24,28H,14-17,19H2,1H3,(H,34,38)(H,35,39)/t24?,28-/m0/s1. The molecule has 0 saturated carbocycles. The Bertz CT molecular complexity index is 1420. The third kappa shape index (κ3) is 6.24. The maximum atomic E-state index is 14.3. The van der Waals surface area contributed by atoms with Gasteiger partial charge in [0.2, 0.25) is 5.91 Å². The number of likely N-dealkylation sites (tertiary alicyclic amines) is 1. The van der Waals surface area contributed by atoms with Crippen molar-refractivity contribution in [3.05, 3.63) is 112 Å². The second-order valence-electron chi connectivity index (χ2n) is 10.2. The number of nitrogens with zero attached hydrogens (tertiary/aromatic N) is 2. The molecule has 7 nitrogen and oxygen atoms in total. The van der Waals surface area contributed by atoms with Crippen LogP contribution in [0.25, 0.3) is 0 Å². The van der Waals surface area contributed by atoms with Gasteiger partial charge in [-0.25, -0.2) is 4.39 Å². The van der Waals surface area contributed by atoms with Crippen LogP contribution in [0.5, 0.6) is 0 Å². The van der Waals surface area contributed by atoms with Crippen LogP contribution in [0.1, 0.15) is 45.7 Å². The summed E-state index contributed by atoms with van der Waals surface area (Å²) in [4.78, 5) is 41.2. The minimum absolute atomic E-state index is 0.0935. The number of halogens is 2. The van der Waals surface area contributed by atoms with E-state index < -0.39 is 11.7 Å². The smallest absolute Gasteiger partial charge is 0.262 e. The van der Waals surface area contributed by atoms with E-state index >= 15 is 0 Å². The molecule has 9 heteroatoms. The van der Waals surface area contributed by atoms with Crippen LogP contribution in [0.3, 0.4) is 0 Å². The summed E-state index contributed by atoms with van der Waals surface area (Å²) < 4.78 is 14.3. The molecular formula is C31H30ClFN4O3. The molecule has 3 aromatic carbocycles. The Morgan fingerprint density at radius 1 is 1.00 bits per heavy atom. The second-order valence-corrected chi connectivity index (χ2v) is 10.6. The van der Waals surface area contributed by atoms with Crippen molar-refractivity contribution in [3.8, 4) is 0 Å². The van der Waals surface area contributed by atoms with Crippen molar-refractivity contribution >= 4 is 35.0 Å². The first-order valence-corrected chi connectivity index (χ1v) is 13.6. The summed E-state index contributed by atoms with van der Waals surface area (Å²) in [6.07, 6.45) is 2.53. The van der Waals surface area contributed by atoms with Crippen molar-refractivity contribution in [2.75, 3.05) is 31.5 Å². The van der Waals surface area contributed by atoms with Crippen molar-refractivity contribution in [2.24, 2.45) is 5.92 Å². The number of nitrogens with one attached hydrogen (secondary N) is 2. The number of rotatable bonds is 8. The fraction of sp³-hybridized carbons (Fsp3) is 0.258. The van der Waals surface area contributed by atoms with Crippen molar-refractivity contribution in [1.82, 2.24) is 15.1 Å². The number of benzene rings is 3. The van der Waals surface area contributed by atoms with Gasteiger partial charge in [-0.05, 0) is 54.0 Å². The van der Waals surface area contributed by atoms with Crippen LogP contribution < -0.4 is 10.6 Å². The average molecular weight is 561 g/mol. The molecule has 40 heavy (non-hydrogen) atoms. The van der Waals surface area contributed by atoms with E-state index in [2.05, 4.69) is 15.5 Å². The number of amides is 3. The Labute approximate surface area is 237 Å². The van der Waals surface area contributed by atoms with E-state index in [4.69, 9.17) is 11.6 Å². The second kappa shape index (κ2) is 12.0. The Morgan fingerprint density at radius 2 is 1.75 bits per heavy atom. The van der Waals surface area contributed by atoms with E-state index in [9.17, 15) is 18.8 Å². The number of hydrogen-bond donors (Lipinski definition) is 2. The molecule has 2 atom stereocenters. The Kier molecular flexibility index (Phi) is 8.28. The van der Waals surface area contributed by atoms with E-state index in [1.165, 1.54) is 25.1 Å². The van der Waals surface area contributed by atoms with Gasteiger partial charge >= 0.3 is 0 Å². The van der Waals surface area contributed by atoms with Crippen molar-refractivity contribution in [1.29, 1.82) is 0 Å². The maximum absolute atomic E-state index is 14.3. The highest BCUT2D eigenvalue weighted by Crippen LogP contribution is 2.32. The first-order chi connectivity index (χ1) is 19.3. The van der Waals surface area contributed by atoms with E-state index in [1.807, 2.05) is 36.5 Å². The van der Waals surface area contributed by atoms with Gasteiger partial charge < -0.3 is 15.5 Å². The number of anilines is 1. The van der Waals surface area contributed by atoms with E-state index in [-0.39, 0.29) is 34.4 Å². The fourth-order valence-corrected chi connectivity index (χ4v) is 5.56. The minimum Gasteiger partial charge on any atom is -0.345 e. The monoisotopic (exact) mass is 560 g/mol. The van der Waals surface area contributed by atoms with Gasteiger partial charge in [-0.1, -0.05) is 48.0 Å². The summed E-state index contributed by atoms with van der Waals surface area (Å²) in [7, 11) is 0. The number of fused-ring (bicyclic) bond motifs is 1. The number of hydrogen-bond acceptors (Lipinski definition) is 4. The Hall–Kier alpha value is -4.01. The summed E-state index contributed by atoms with van der Waals surface area (Å²) in [5, 5.41) is 5.98. The van der Waals surface area contributed by atoms with E-state index in [0.29, 0.717) is 30.8 Å². The lowest BCUT2D eigenvalue weighted by molar-refractivity contribution is -0.114. The number of carbonyl (C=O) groups excluding carboxylic acids is 3. The first kappa shape index (κ1) is 27.6. The SMILES string of the molecule is CC(=O)Nc1ccc(C(=O)N[C@@H](CCN2CC3=CN(C(=O)c4c(F)cccc4Cl)CC3C2)c2ccccc2)cc1. The molecule has 3 amide bonds. The lowest BCUT2D eigenvalue weighted by Crippen LogP contribution is -2.33. The summed E-state index contributed by atoms with van der Waals surface area (Å²) in [6.45, 7) is 4.16. The van der Waals surface area contributed by atoms with Crippen LogP contribution in [-0.2, 0) is 4.79 Å².